The Labute approximate surface area is 143 Å². The van der Waals surface area contributed by atoms with Crippen molar-refractivity contribution in [3.05, 3.63) is 86.7 Å². The van der Waals surface area contributed by atoms with Gasteiger partial charge in [0.25, 0.3) is 0 Å². The predicted octanol–water partition coefficient (Wildman–Crippen LogP) is 4.81. The van der Waals surface area contributed by atoms with Crippen LogP contribution >= 0.6 is 23.4 Å². The number of carbonyl (C=O) groups is 1. The van der Waals surface area contributed by atoms with Gasteiger partial charge in [0.1, 0.15) is 11.5 Å². The van der Waals surface area contributed by atoms with E-state index >= 15 is 0 Å². The Morgan fingerprint density at radius 1 is 1.17 bits per heavy atom. The van der Waals surface area contributed by atoms with Crippen LogP contribution in [-0.4, -0.2) is 10.7 Å². The fourth-order valence-corrected chi connectivity index (χ4v) is 3.60. The molecule has 0 saturated carbocycles. The molecular formula is C18H12ClNO2S. The minimum atomic E-state index is 0.00413. The fraction of sp³-hybridized carbons (Fsp3) is 0.0556. The van der Waals surface area contributed by atoms with Crippen LogP contribution in [0.1, 0.15) is 12.5 Å². The predicted molar refractivity (Wildman–Crippen MR) is 93.0 cm³/mol. The van der Waals surface area contributed by atoms with Crippen LogP contribution in [0.2, 0.25) is 5.02 Å². The number of benzene rings is 1. The molecule has 4 rings (SSSR count). The summed E-state index contributed by atoms with van der Waals surface area (Å²) in [5.74, 6) is 0.731. The smallest absolute Gasteiger partial charge is 0.211 e. The topological polar surface area (TPSA) is 29.5 Å². The van der Waals surface area contributed by atoms with Gasteiger partial charge in [0, 0.05) is 27.8 Å². The average molecular weight is 342 g/mol. The molecule has 0 fully saturated rings. The van der Waals surface area contributed by atoms with E-state index < -0.39 is 0 Å². The van der Waals surface area contributed by atoms with Gasteiger partial charge in [-0.3, -0.25) is 4.79 Å². The van der Waals surface area contributed by atoms with Crippen molar-refractivity contribution >= 4 is 34.9 Å². The van der Waals surface area contributed by atoms with Crippen LogP contribution in [-0.2, 0) is 9.53 Å². The number of ketones is 1. The van der Waals surface area contributed by atoms with Crippen molar-refractivity contribution < 1.29 is 9.53 Å². The Hall–Kier alpha value is -2.17. The summed E-state index contributed by atoms with van der Waals surface area (Å²) < 4.78 is 5.95. The first kappa shape index (κ1) is 14.4. The molecule has 3 aliphatic rings. The molecule has 0 aromatic heterocycles. The first-order valence-corrected chi connectivity index (χ1v) is 8.35. The number of halogens is 1. The van der Waals surface area contributed by atoms with Crippen molar-refractivity contribution in [2.24, 2.45) is 0 Å². The highest BCUT2D eigenvalue weighted by atomic mass is 35.5. The van der Waals surface area contributed by atoms with Gasteiger partial charge in [0.2, 0.25) is 5.78 Å². The van der Waals surface area contributed by atoms with Crippen molar-refractivity contribution in [1.82, 2.24) is 4.90 Å². The molecule has 0 spiro atoms. The molecule has 0 N–H and O–H groups in total. The number of hydrogen-bond donors (Lipinski definition) is 0. The summed E-state index contributed by atoms with van der Waals surface area (Å²) in [6, 6.07) is 7.44. The average Bonchev–Trinajstić information content (AvgIpc) is 3.13. The van der Waals surface area contributed by atoms with E-state index in [0.29, 0.717) is 15.8 Å². The zero-order valence-electron chi connectivity index (χ0n) is 12.2. The van der Waals surface area contributed by atoms with Crippen LogP contribution in [0.4, 0.5) is 0 Å². The summed E-state index contributed by atoms with van der Waals surface area (Å²) in [6.07, 6.45) is 7.66. The Morgan fingerprint density at radius 2 is 1.96 bits per heavy atom. The number of fused-ring (bicyclic) bond motifs is 1. The molecule has 0 atom stereocenters. The number of carbonyl (C=O) groups excluding carboxylic acids is 1. The van der Waals surface area contributed by atoms with E-state index in [-0.39, 0.29) is 5.78 Å². The largest absolute Gasteiger partial charge is 0.447 e. The zero-order valence-corrected chi connectivity index (χ0v) is 13.8. The van der Waals surface area contributed by atoms with Crippen LogP contribution in [0.3, 0.4) is 0 Å². The van der Waals surface area contributed by atoms with Crippen LogP contribution in [0.15, 0.2) is 76.2 Å². The van der Waals surface area contributed by atoms with Crippen molar-refractivity contribution in [2.75, 3.05) is 0 Å². The number of allylic oxidation sites excluding steroid dienone is 4. The van der Waals surface area contributed by atoms with E-state index in [2.05, 4.69) is 0 Å². The molecule has 1 aromatic rings. The fourth-order valence-electron chi connectivity index (χ4n) is 2.64. The number of thioether (sulfide) groups is 1. The highest BCUT2D eigenvalue weighted by Crippen LogP contribution is 2.43. The second-order valence-electron chi connectivity index (χ2n) is 5.25. The van der Waals surface area contributed by atoms with E-state index in [1.807, 2.05) is 65.9 Å². The third-order valence-corrected chi connectivity index (χ3v) is 4.91. The monoisotopic (exact) mass is 341 g/mol. The molecular weight excluding hydrogens is 330 g/mol. The van der Waals surface area contributed by atoms with Crippen molar-refractivity contribution in [2.45, 2.75) is 6.92 Å². The van der Waals surface area contributed by atoms with Crippen LogP contribution in [0.5, 0.6) is 0 Å². The van der Waals surface area contributed by atoms with E-state index in [1.54, 1.807) is 0 Å². The van der Waals surface area contributed by atoms with Gasteiger partial charge in [-0.15, -0.1) is 0 Å². The van der Waals surface area contributed by atoms with Crippen LogP contribution < -0.4 is 0 Å². The molecule has 0 radical (unpaired) electrons. The highest BCUT2D eigenvalue weighted by Gasteiger charge is 2.36. The van der Waals surface area contributed by atoms with E-state index in [9.17, 15) is 4.79 Å². The standard InChI is InChI=1S/C18H12ClNO2S/c1-11-14-4-2-3-9-20(14)16(17(11)21)18-22-15(10-23-18)12-5-7-13(19)8-6-12/h2-10H,1H3/b18-16+. The van der Waals surface area contributed by atoms with E-state index in [1.165, 1.54) is 11.8 Å². The Kier molecular flexibility index (Phi) is 3.43. The second-order valence-corrected chi connectivity index (χ2v) is 6.53. The number of nitrogens with zero attached hydrogens (tertiary/aromatic N) is 1. The normalized spacial score (nSPS) is 22.6. The van der Waals surface area contributed by atoms with Gasteiger partial charge in [-0.1, -0.05) is 29.4 Å². The Morgan fingerprint density at radius 3 is 2.74 bits per heavy atom. The lowest BCUT2D eigenvalue weighted by Crippen LogP contribution is -2.16. The summed E-state index contributed by atoms with van der Waals surface area (Å²) in [5, 5.41) is 3.20. The maximum Gasteiger partial charge on any atom is 0.211 e. The van der Waals surface area contributed by atoms with E-state index in [0.717, 1.165) is 22.6 Å². The maximum absolute atomic E-state index is 12.6. The Bertz CT molecular complexity index is 860. The van der Waals surface area contributed by atoms with Gasteiger partial charge in [0.05, 0.1) is 5.70 Å². The third-order valence-electron chi connectivity index (χ3n) is 3.84. The molecule has 0 saturated heterocycles. The van der Waals surface area contributed by atoms with Gasteiger partial charge >= 0.3 is 0 Å². The van der Waals surface area contributed by atoms with Gasteiger partial charge < -0.3 is 9.64 Å². The quantitative estimate of drug-likeness (QED) is 0.685. The molecule has 0 unspecified atom stereocenters. The lowest BCUT2D eigenvalue weighted by Gasteiger charge is -2.20. The number of ether oxygens (including phenoxy) is 1. The molecule has 23 heavy (non-hydrogen) atoms. The third kappa shape index (κ3) is 2.35. The van der Waals surface area contributed by atoms with Crippen LogP contribution in [0.25, 0.3) is 5.76 Å². The summed E-state index contributed by atoms with van der Waals surface area (Å²) >= 11 is 7.34. The van der Waals surface area contributed by atoms with Crippen molar-refractivity contribution in [3.63, 3.8) is 0 Å². The van der Waals surface area contributed by atoms with Gasteiger partial charge in [-0.25, -0.2) is 0 Å². The van der Waals surface area contributed by atoms with Crippen molar-refractivity contribution in [1.29, 1.82) is 0 Å². The number of hydrogen-bond acceptors (Lipinski definition) is 4. The highest BCUT2D eigenvalue weighted by molar-refractivity contribution is 8.06. The SMILES string of the molecule is CC1=C2C=CC=CN2/C(=C2\OC(c3ccc(Cl)cc3)=CS2)C1=O. The molecule has 3 nitrogen and oxygen atoms in total. The molecule has 5 heteroatoms. The molecule has 0 bridgehead atoms. The van der Waals surface area contributed by atoms with Crippen LogP contribution in [0, 0.1) is 0 Å². The van der Waals surface area contributed by atoms with Crippen molar-refractivity contribution in [3.8, 4) is 0 Å². The van der Waals surface area contributed by atoms with Gasteiger partial charge in [-0.05, 0) is 43.3 Å². The molecule has 0 aliphatic carbocycles. The lowest BCUT2D eigenvalue weighted by molar-refractivity contribution is -0.112. The maximum atomic E-state index is 12.6. The minimum Gasteiger partial charge on any atom is -0.447 e. The first-order chi connectivity index (χ1) is 11.1. The summed E-state index contributed by atoms with van der Waals surface area (Å²) in [6.45, 7) is 1.84. The molecule has 1 aromatic carbocycles. The molecule has 3 heterocycles. The number of Topliss-reactive ketones (excluding diaryl/α,β-unsaturated/α-hetero) is 1. The van der Waals surface area contributed by atoms with E-state index in [4.69, 9.17) is 16.3 Å². The first-order valence-electron chi connectivity index (χ1n) is 7.10. The zero-order chi connectivity index (χ0) is 16.0. The summed E-state index contributed by atoms with van der Waals surface area (Å²) in [4.78, 5) is 14.5. The molecule has 114 valence electrons. The minimum absolute atomic E-state index is 0.00413. The number of rotatable bonds is 1. The second kappa shape index (κ2) is 5.48. The van der Waals surface area contributed by atoms with Gasteiger partial charge in [-0.2, -0.15) is 0 Å². The molecule has 3 aliphatic heterocycles. The Balaban J connectivity index is 1.67. The summed E-state index contributed by atoms with van der Waals surface area (Å²) in [7, 11) is 0. The lowest BCUT2D eigenvalue weighted by atomic mass is 10.2. The summed E-state index contributed by atoms with van der Waals surface area (Å²) in [5.41, 5.74) is 3.15. The molecule has 0 amide bonds. The van der Waals surface area contributed by atoms with Gasteiger partial charge in [0.15, 0.2) is 5.09 Å².